The lowest BCUT2D eigenvalue weighted by Gasteiger charge is -2.21. The zero-order chi connectivity index (χ0) is 17.1. The monoisotopic (exact) mass is 327 g/mol. The Morgan fingerprint density at radius 2 is 1.91 bits per heavy atom. The minimum Gasteiger partial charge on any atom is -0.481 e. The Morgan fingerprint density at radius 1 is 1.32 bits per heavy atom. The molecule has 122 valence electrons. The van der Waals surface area contributed by atoms with Gasteiger partial charge in [-0.1, -0.05) is 19.9 Å². The van der Waals surface area contributed by atoms with E-state index >= 15 is 0 Å². The van der Waals surface area contributed by atoms with Crippen molar-refractivity contribution in [3.63, 3.8) is 0 Å². The van der Waals surface area contributed by atoms with Gasteiger partial charge in [0.2, 0.25) is 0 Å². The van der Waals surface area contributed by atoms with Crippen molar-refractivity contribution in [2.45, 2.75) is 25.2 Å². The fourth-order valence-electron chi connectivity index (χ4n) is 2.07. The van der Waals surface area contributed by atoms with Gasteiger partial charge in [0, 0.05) is 25.4 Å². The summed E-state index contributed by atoms with van der Waals surface area (Å²) in [5.41, 5.74) is 1.03. The quantitative estimate of drug-likeness (QED) is 0.853. The third kappa shape index (κ3) is 4.30. The van der Waals surface area contributed by atoms with Gasteiger partial charge in [-0.25, -0.2) is 8.42 Å². The van der Waals surface area contributed by atoms with Crippen molar-refractivity contribution < 1.29 is 23.1 Å². The molecule has 0 bridgehead atoms. The Morgan fingerprint density at radius 3 is 2.36 bits per heavy atom. The van der Waals surface area contributed by atoms with E-state index in [4.69, 9.17) is 5.11 Å². The first-order valence-corrected chi connectivity index (χ1v) is 8.78. The molecule has 0 aliphatic rings. The van der Waals surface area contributed by atoms with Crippen molar-refractivity contribution in [3.8, 4) is 0 Å². The summed E-state index contributed by atoms with van der Waals surface area (Å²) in [6, 6.07) is 4.46. The predicted molar refractivity (Wildman–Crippen MR) is 82.7 cm³/mol. The number of carboxylic acid groups (broad SMARTS) is 1. The van der Waals surface area contributed by atoms with Crippen LogP contribution in [-0.2, 0) is 21.1 Å². The van der Waals surface area contributed by atoms with E-state index < -0.39 is 21.7 Å². The number of hydrogen-bond donors (Lipinski definition) is 1. The molecule has 6 nitrogen and oxygen atoms in total. The first kappa shape index (κ1) is 18.2. The number of carbonyl (C=O) groups is 2. The number of carboxylic acids is 1. The van der Waals surface area contributed by atoms with Gasteiger partial charge in [-0.05, 0) is 24.1 Å². The summed E-state index contributed by atoms with van der Waals surface area (Å²) in [7, 11) is -1.90. The summed E-state index contributed by atoms with van der Waals surface area (Å²) < 4.78 is 23.3. The van der Waals surface area contributed by atoms with Crippen LogP contribution >= 0.6 is 0 Å². The molecule has 0 heterocycles. The van der Waals surface area contributed by atoms with Crippen molar-refractivity contribution in [2.75, 3.05) is 19.8 Å². The first-order valence-electron chi connectivity index (χ1n) is 6.89. The molecule has 0 saturated carbocycles. The zero-order valence-electron chi connectivity index (χ0n) is 13.2. The zero-order valence-corrected chi connectivity index (χ0v) is 14.0. The molecule has 1 N–H and O–H groups in total. The molecule has 7 heteroatoms. The Hall–Kier alpha value is -1.89. The highest BCUT2D eigenvalue weighted by Gasteiger charge is 2.21. The summed E-state index contributed by atoms with van der Waals surface area (Å²) in [6.45, 7) is 3.44. The van der Waals surface area contributed by atoms with Gasteiger partial charge in [-0.2, -0.15) is 0 Å². The maximum Gasteiger partial charge on any atom is 0.308 e. The Kier molecular flexibility index (Phi) is 5.71. The summed E-state index contributed by atoms with van der Waals surface area (Å²) in [6.07, 6.45) is 1.66. The molecule has 0 fully saturated rings. The molecule has 1 unspecified atom stereocenters. The van der Waals surface area contributed by atoms with E-state index in [0.29, 0.717) is 12.0 Å². The summed E-state index contributed by atoms with van der Waals surface area (Å²) in [4.78, 5) is 24.8. The smallest absolute Gasteiger partial charge is 0.308 e. The van der Waals surface area contributed by atoms with Gasteiger partial charge in [-0.3, -0.25) is 9.59 Å². The molecule has 22 heavy (non-hydrogen) atoms. The molecule has 0 spiro atoms. The minimum atomic E-state index is -3.41. The SMILES string of the molecule is CCc1ccc(S(C)(=O)=O)cc1C(=O)N(C)CC(C)C(=O)O. The van der Waals surface area contributed by atoms with Crippen molar-refractivity contribution in [3.05, 3.63) is 29.3 Å². The van der Waals surface area contributed by atoms with Crippen LogP contribution in [0.4, 0.5) is 0 Å². The van der Waals surface area contributed by atoms with Crippen LogP contribution in [0.25, 0.3) is 0 Å². The van der Waals surface area contributed by atoms with Gasteiger partial charge in [0.25, 0.3) is 5.91 Å². The predicted octanol–water partition coefficient (Wildman–Crippen LogP) is 1.45. The fraction of sp³-hybridized carbons (Fsp3) is 0.467. The van der Waals surface area contributed by atoms with E-state index in [1.807, 2.05) is 6.92 Å². The molecule has 1 amide bonds. The number of aliphatic carboxylic acids is 1. The first-order chi connectivity index (χ1) is 10.1. The molecule has 1 aromatic rings. The van der Waals surface area contributed by atoms with Crippen LogP contribution in [0.15, 0.2) is 23.1 Å². The van der Waals surface area contributed by atoms with Gasteiger partial charge in [-0.15, -0.1) is 0 Å². The van der Waals surface area contributed by atoms with Crippen LogP contribution in [0.3, 0.4) is 0 Å². The topological polar surface area (TPSA) is 91.8 Å². The van der Waals surface area contributed by atoms with Crippen molar-refractivity contribution in [2.24, 2.45) is 5.92 Å². The number of benzene rings is 1. The van der Waals surface area contributed by atoms with Crippen LogP contribution in [0.1, 0.15) is 29.8 Å². The molecule has 0 aliphatic carbocycles. The Bertz CT molecular complexity index is 681. The van der Waals surface area contributed by atoms with Crippen LogP contribution in [0, 0.1) is 5.92 Å². The van der Waals surface area contributed by atoms with E-state index in [-0.39, 0.29) is 17.3 Å². The van der Waals surface area contributed by atoms with Crippen LogP contribution in [-0.4, -0.2) is 50.1 Å². The van der Waals surface area contributed by atoms with Gasteiger partial charge >= 0.3 is 5.97 Å². The highest BCUT2D eigenvalue weighted by atomic mass is 32.2. The maximum atomic E-state index is 12.5. The van der Waals surface area contributed by atoms with E-state index in [0.717, 1.165) is 11.8 Å². The fourth-order valence-corrected chi connectivity index (χ4v) is 2.72. The molecule has 1 aromatic carbocycles. The molecule has 0 saturated heterocycles. The third-order valence-corrected chi connectivity index (χ3v) is 4.55. The summed E-state index contributed by atoms with van der Waals surface area (Å²) in [5.74, 6) is -2.06. The van der Waals surface area contributed by atoms with E-state index in [1.54, 1.807) is 6.07 Å². The number of carbonyl (C=O) groups excluding carboxylic acids is 1. The molecular formula is C15H21NO5S. The Balaban J connectivity index is 3.18. The standard InChI is InChI=1S/C15H21NO5S/c1-5-11-6-7-12(22(4,20)21)8-13(11)14(17)16(3)9-10(2)15(18)19/h6-8,10H,5,9H2,1-4H3,(H,18,19). The number of nitrogens with zero attached hydrogens (tertiary/aromatic N) is 1. The lowest BCUT2D eigenvalue weighted by atomic mass is 10.0. The number of amides is 1. The average molecular weight is 327 g/mol. The van der Waals surface area contributed by atoms with Crippen molar-refractivity contribution in [1.82, 2.24) is 4.90 Å². The second kappa shape index (κ2) is 6.91. The minimum absolute atomic E-state index is 0.0560. The van der Waals surface area contributed by atoms with Gasteiger partial charge in [0.15, 0.2) is 9.84 Å². The summed E-state index contributed by atoms with van der Waals surface area (Å²) >= 11 is 0. The molecule has 0 radical (unpaired) electrons. The molecule has 0 aromatic heterocycles. The molecular weight excluding hydrogens is 306 g/mol. The molecule has 1 atom stereocenters. The number of rotatable bonds is 6. The highest BCUT2D eigenvalue weighted by molar-refractivity contribution is 7.90. The van der Waals surface area contributed by atoms with Crippen molar-refractivity contribution >= 4 is 21.7 Å². The lowest BCUT2D eigenvalue weighted by Crippen LogP contribution is -2.34. The highest BCUT2D eigenvalue weighted by Crippen LogP contribution is 2.19. The van der Waals surface area contributed by atoms with Gasteiger partial charge in [0.1, 0.15) is 0 Å². The Labute approximate surface area is 130 Å². The van der Waals surface area contributed by atoms with E-state index in [2.05, 4.69) is 0 Å². The molecule has 0 aliphatic heterocycles. The number of hydrogen-bond acceptors (Lipinski definition) is 4. The summed E-state index contributed by atoms with van der Waals surface area (Å²) in [5, 5.41) is 8.92. The van der Waals surface area contributed by atoms with E-state index in [1.165, 1.54) is 31.0 Å². The average Bonchev–Trinajstić information content (AvgIpc) is 2.44. The number of aryl methyl sites for hydroxylation is 1. The van der Waals surface area contributed by atoms with Gasteiger partial charge in [0.05, 0.1) is 10.8 Å². The van der Waals surface area contributed by atoms with Crippen molar-refractivity contribution in [1.29, 1.82) is 0 Å². The second-order valence-corrected chi connectivity index (χ2v) is 7.39. The van der Waals surface area contributed by atoms with E-state index in [9.17, 15) is 18.0 Å². The van der Waals surface area contributed by atoms with Crippen LogP contribution in [0.5, 0.6) is 0 Å². The number of sulfone groups is 1. The maximum absolute atomic E-state index is 12.5. The largest absolute Gasteiger partial charge is 0.481 e. The molecule has 1 rings (SSSR count). The van der Waals surface area contributed by atoms with Crippen LogP contribution < -0.4 is 0 Å². The second-order valence-electron chi connectivity index (χ2n) is 5.37. The third-order valence-electron chi connectivity index (χ3n) is 3.44. The van der Waals surface area contributed by atoms with Gasteiger partial charge < -0.3 is 10.0 Å². The van der Waals surface area contributed by atoms with Crippen LogP contribution in [0.2, 0.25) is 0 Å². The normalized spacial score (nSPS) is 12.7. The lowest BCUT2D eigenvalue weighted by molar-refractivity contribution is -0.141.